The van der Waals surface area contributed by atoms with Crippen LogP contribution in [0.1, 0.15) is 25.7 Å². The largest absolute Gasteiger partial charge is 0.385 e. The zero-order valence-electron chi connectivity index (χ0n) is 8.98. The highest BCUT2D eigenvalue weighted by Crippen LogP contribution is 2.15. The van der Waals surface area contributed by atoms with E-state index in [1.54, 1.807) is 12.4 Å². The Labute approximate surface area is 90.9 Å². The molecule has 1 atom stereocenters. The minimum Gasteiger partial charge on any atom is -0.385 e. The van der Waals surface area contributed by atoms with E-state index in [-0.39, 0.29) is 0 Å². The SMILES string of the molecule is c1cc(NCCC2CCCCO2)ccn1. The molecule has 0 aromatic carbocycles. The number of aromatic nitrogens is 1. The molecule has 0 bridgehead atoms. The van der Waals surface area contributed by atoms with Gasteiger partial charge < -0.3 is 10.1 Å². The molecule has 82 valence electrons. The monoisotopic (exact) mass is 206 g/mol. The van der Waals surface area contributed by atoms with Gasteiger partial charge in [-0.2, -0.15) is 0 Å². The average Bonchev–Trinajstić information content (AvgIpc) is 2.32. The van der Waals surface area contributed by atoms with Crippen LogP contribution in [-0.4, -0.2) is 24.2 Å². The molecule has 2 rings (SSSR count). The van der Waals surface area contributed by atoms with E-state index in [2.05, 4.69) is 10.3 Å². The second-order valence-electron chi connectivity index (χ2n) is 3.94. The number of hydrogen-bond donors (Lipinski definition) is 1. The Bertz CT molecular complexity index is 270. The molecule has 1 aliphatic rings. The van der Waals surface area contributed by atoms with Gasteiger partial charge >= 0.3 is 0 Å². The van der Waals surface area contributed by atoms with Crippen molar-refractivity contribution >= 4 is 5.69 Å². The summed E-state index contributed by atoms with van der Waals surface area (Å²) in [6.45, 7) is 1.93. The van der Waals surface area contributed by atoms with Crippen LogP contribution in [0.15, 0.2) is 24.5 Å². The summed E-state index contributed by atoms with van der Waals surface area (Å²) in [4.78, 5) is 3.98. The van der Waals surface area contributed by atoms with Crippen LogP contribution in [0.5, 0.6) is 0 Å². The van der Waals surface area contributed by atoms with E-state index < -0.39 is 0 Å². The van der Waals surface area contributed by atoms with E-state index in [4.69, 9.17) is 4.74 Å². The molecule has 3 heteroatoms. The quantitative estimate of drug-likeness (QED) is 0.821. The lowest BCUT2D eigenvalue weighted by molar-refractivity contribution is 0.0134. The summed E-state index contributed by atoms with van der Waals surface area (Å²) in [6.07, 6.45) is 8.95. The lowest BCUT2D eigenvalue weighted by atomic mass is 10.1. The Balaban J connectivity index is 1.66. The molecule has 1 unspecified atom stereocenters. The summed E-state index contributed by atoms with van der Waals surface area (Å²) >= 11 is 0. The molecule has 0 saturated carbocycles. The van der Waals surface area contributed by atoms with Crippen molar-refractivity contribution in [3.05, 3.63) is 24.5 Å². The van der Waals surface area contributed by atoms with Crippen LogP contribution >= 0.6 is 0 Å². The van der Waals surface area contributed by atoms with Crippen LogP contribution in [0.25, 0.3) is 0 Å². The van der Waals surface area contributed by atoms with E-state index in [9.17, 15) is 0 Å². The van der Waals surface area contributed by atoms with Crippen LogP contribution < -0.4 is 5.32 Å². The molecular weight excluding hydrogens is 188 g/mol. The standard InChI is InChI=1S/C12H18N2O/c1-2-10-15-12(3-1)6-9-14-11-4-7-13-8-5-11/h4-5,7-8,12H,1-3,6,9-10H2,(H,13,14). The van der Waals surface area contributed by atoms with Gasteiger partial charge in [0.1, 0.15) is 0 Å². The molecule has 1 fully saturated rings. The van der Waals surface area contributed by atoms with Crippen molar-refractivity contribution in [1.29, 1.82) is 0 Å². The fourth-order valence-corrected chi connectivity index (χ4v) is 1.88. The topological polar surface area (TPSA) is 34.1 Å². The Morgan fingerprint density at radius 1 is 1.33 bits per heavy atom. The number of nitrogens with zero attached hydrogens (tertiary/aromatic N) is 1. The van der Waals surface area contributed by atoms with E-state index in [1.165, 1.54) is 19.3 Å². The summed E-state index contributed by atoms with van der Waals surface area (Å²) in [6, 6.07) is 3.98. The minimum absolute atomic E-state index is 0.466. The van der Waals surface area contributed by atoms with Gasteiger partial charge in [-0.15, -0.1) is 0 Å². The highest BCUT2D eigenvalue weighted by molar-refractivity contribution is 5.40. The van der Waals surface area contributed by atoms with E-state index >= 15 is 0 Å². The maximum atomic E-state index is 5.66. The summed E-state index contributed by atoms with van der Waals surface area (Å²) in [5, 5.41) is 3.37. The van der Waals surface area contributed by atoms with Gasteiger partial charge in [0.15, 0.2) is 0 Å². The molecule has 1 aromatic heterocycles. The summed E-state index contributed by atoms with van der Waals surface area (Å²) in [5.41, 5.74) is 1.14. The molecular formula is C12H18N2O. The molecule has 1 aromatic rings. The summed E-state index contributed by atoms with van der Waals surface area (Å²) < 4.78 is 5.66. The van der Waals surface area contributed by atoms with Gasteiger partial charge in [-0.1, -0.05) is 0 Å². The first kappa shape index (κ1) is 10.4. The van der Waals surface area contributed by atoms with Crippen LogP contribution in [0, 0.1) is 0 Å². The van der Waals surface area contributed by atoms with Gasteiger partial charge in [-0.25, -0.2) is 0 Å². The summed E-state index contributed by atoms with van der Waals surface area (Å²) in [7, 11) is 0. The highest BCUT2D eigenvalue weighted by atomic mass is 16.5. The van der Waals surface area contributed by atoms with Gasteiger partial charge in [-0.05, 0) is 37.8 Å². The predicted octanol–water partition coefficient (Wildman–Crippen LogP) is 2.45. The number of hydrogen-bond acceptors (Lipinski definition) is 3. The second-order valence-corrected chi connectivity index (χ2v) is 3.94. The van der Waals surface area contributed by atoms with Crippen molar-refractivity contribution in [2.45, 2.75) is 31.8 Å². The maximum Gasteiger partial charge on any atom is 0.0591 e. The van der Waals surface area contributed by atoms with Gasteiger partial charge in [0.25, 0.3) is 0 Å². The predicted molar refractivity (Wildman–Crippen MR) is 60.9 cm³/mol. The van der Waals surface area contributed by atoms with E-state index in [0.29, 0.717) is 6.10 Å². The van der Waals surface area contributed by atoms with Gasteiger partial charge in [0.05, 0.1) is 6.10 Å². The van der Waals surface area contributed by atoms with Crippen molar-refractivity contribution in [1.82, 2.24) is 4.98 Å². The molecule has 0 spiro atoms. The Kier molecular flexibility index (Phi) is 3.97. The zero-order valence-corrected chi connectivity index (χ0v) is 8.98. The van der Waals surface area contributed by atoms with Crippen LogP contribution in [-0.2, 0) is 4.74 Å². The number of pyridine rings is 1. The van der Waals surface area contributed by atoms with Crippen molar-refractivity contribution in [3.63, 3.8) is 0 Å². The molecule has 2 heterocycles. The Morgan fingerprint density at radius 3 is 2.93 bits per heavy atom. The third-order valence-electron chi connectivity index (χ3n) is 2.75. The molecule has 1 N–H and O–H groups in total. The fraction of sp³-hybridized carbons (Fsp3) is 0.583. The van der Waals surface area contributed by atoms with Crippen molar-refractivity contribution in [2.24, 2.45) is 0 Å². The minimum atomic E-state index is 0.466. The normalized spacial score (nSPS) is 21.2. The third kappa shape index (κ3) is 3.51. The maximum absolute atomic E-state index is 5.66. The second kappa shape index (κ2) is 5.71. The van der Waals surface area contributed by atoms with Crippen LogP contribution in [0.4, 0.5) is 5.69 Å². The third-order valence-corrected chi connectivity index (χ3v) is 2.75. The molecule has 15 heavy (non-hydrogen) atoms. The fourth-order valence-electron chi connectivity index (χ4n) is 1.88. The zero-order chi connectivity index (χ0) is 10.3. The average molecular weight is 206 g/mol. The van der Waals surface area contributed by atoms with Gasteiger partial charge in [-0.3, -0.25) is 4.98 Å². The first-order valence-electron chi connectivity index (χ1n) is 5.70. The molecule has 1 saturated heterocycles. The summed E-state index contributed by atoms with van der Waals surface area (Å²) in [5.74, 6) is 0. The lowest BCUT2D eigenvalue weighted by Gasteiger charge is -2.22. The molecule has 0 radical (unpaired) electrons. The van der Waals surface area contributed by atoms with Crippen molar-refractivity contribution in [3.8, 4) is 0 Å². The first-order chi connectivity index (χ1) is 7.45. The van der Waals surface area contributed by atoms with Gasteiger partial charge in [0.2, 0.25) is 0 Å². The number of nitrogens with one attached hydrogen (secondary N) is 1. The van der Waals surface area contributed by atoms with E-state index in [0.717, 1.165) is 25.3 Å². The molecule has 0 aliphatic carbocycles. The molecule has 3 nitrogen and oxygen atoms in total. The number of ether oxygens (including phenoxy) is 1. The van der Waals surface area contributed by atoms with Gasteiger partial charge in [0, 0.05) is 31.2 Å². The van der Waals surface area contributed by atoms with Crippen LogP contribution in [0.3, 0.4) is 0 Å². The van der Waals surface area contributed by atoms with Crippen molar-refractivity contribution in [2.75, 3.05) is 18.5 Å². The first-order valence-corrected chi connectivity index (χ1v) is 5.70. The highest BCUT2D eigenvalue weighted by Gasteiger charge is 2.12. The molecule has 0 amide bonds. The molecule has 1 aliphatic heterocycles. The van der Waals surface area contributed by atoms with E-state index in [1.807, 2.05) is 12.1 Å². The number of anilines is 1. The Hall–Kier alpha value is -1.09. The smallest absolute Gasteiger partial charge is 0.0591 e. The number of rotatable bonds is 4. The van der Waals surface area contributed by atoms with Crippen LogP contribution in [0.2, 0.25) is 0 Å². The van der Waals surface area contributed by atoms with Crippen molar-refractivity contribution < 1.29 is 4.74 Å². The Morgan fingerprint density at radius 2 is 2.20 bits per heavy atom. The lowest BCUT2D eigenvalue weighted by Crippen LogP contribution is -2.21.